The van der Waals surface area contributed by atoms with Crippen molar-refractivity contribution in [3.8, 4) is 0 Å². The van der Waals surface area contributed by atoms with E-state index >= 15 is 0 Å². The van der Waals surface area contributed by atoms with Gasteiger partial charge in [-0.25, -0.2) is 4.79 Å². The summed E-state index contributed by atoms with van der Waals surface area (Å²) in [6.45, 7) is 0. The molecule has 1 aliphatic carbocycles. The molecule has 0 heterocycles. The lowest BCUT2D eigenvalue weighted by atomic mass is 10.2. The Labute approximate surface area is 57.7 Å². The van der Waals surface area contributed by atoms with Crippen molar-refractivity contribution in [3.05, 3.63) is 23.8 Å². The van der Waals surface area contributed by atoms with Crippen molar-refractivity contribution in [3.63, 3.8) is 0 Å². The number of allylic oxidation sites excluding steroid dienone is 3. The summed E-state index contributed by atoms with van der Waals surface area (Å²) in [5, 5.41) is 8.24. The van der Waals surface area contributed by atoms with Gasteiger partial charge in [-0.3, -0.25) is 4.79 Å². The molecule has 1 rings (SSSR count). The number of carbonyl (C=O) groups excluding carboxylic acids is 1. The van der Waals surface area contributed by atoms with Crippen LogP contribution in [0.2, 0.25) is 0 Å². The molecular weight excluding hydrogens is 132 g/mol. The second-order valence-electron chi connectivity index (χ2n) is 2.03. The van der Waals surface area contributed by atoms with Gasteiger partial charge in [0, 0.05) is 12.5 Å². The van der Waals surface area contributed by atoms with E-state index in [0.29, 0.717) is 5.57 Å². The molecule has 0 aliphatic heterocycles. The summed E-state index contributed by atoms with van der Waals surface area (Å²) < 4.78 is 0. The van der Waals surface area contributed by atoms with Gasteiger partial charge >= 0.3 is 5.97 Å². The number of hydrogen-bond donors (Lipinski definition) is 1. The number of carboxylic acid groups (broad SMARTS) is 1. The van der Waals surface area contributed by atoms with Crippen LogP contribution in [0.4, 0.5) is 0 Å². The minimum absolute atomic E-state index is 0.0347. The molecule has 0 amide bonds. The summed E-state index contributed by atoms with van der Waals surface area (Å²) in [5.74, 6) is -1.04. The van der Waals surface area contributed by atoms with Crippen molar-refractivity contribution in [1.82, 2.24) is 0 Å². The second-order valence-corrected chi connectivity index (χ2v) is 2.03. The van der Waals surface area contributed by atoms with E-state index in [1.807, 2.05) is 0 Å². The molecule has 3 nitrogen and oxygen atoms in total. The highest BCUT2D eigenvalue weighted by molar-refractivity contribution is 5.97. The largest absolute Gasteiger partial charge is 0.478 e. The number of carbonyl (C=O) groups is 2. The number of carboxylic acids is 1. The van der Waals surface area contributed by atoms with Gasteiger partial charge in [0.15, 0.2) is 5.78 Å². The molecule has 0 aromatic rings. The van der Waals surface area contributed by atoms with E-state index in [2.05, 4.69) is 0 Å². The first-order chi connectivity index (χ1) is 4.68. The molecule has 0 unspecified atom stereocenters. The normalized spacial score (nSPS) is 20.4. The Balaban J connectivity index is 2.70. The van der Waals surface area contributed by atoms with E-state index < -0.39 is 5.97 Å². The van der Waals surface area contributed by atoms with Gasteiger partial charge in [-0.2, -0.15) is 0 Å². The van der Waals surface area contributed by atoms with Gasteiger partial charge in [0.25, 0.3) is 0 Å². The molecule has 0 bridgehead atoms. The Morgan fingerprint density at radius 2 is 2.30 bits per heavy atom. The van der Waals surface area contributed by atoms with Gasteiger partial charge in [0.2, 0.25) is 0 Å². The minimum atomic E-state index is -1.01. The maximum absolute atomic E-state index is 10.5. The highest BCUT2D eigenvalue weighted by Gasteiger charge is 2.08. The maximum atomic E-state index is 10.5. The van der Waals surface area contributed by atoms with Crippen molar-refractivity contribution >= 4 is 11.8 Å². The third-order valence-corrected chi connectivity index (χ3v) is 1.17. The Morgan fingerprint density at radius 3 is 2.70 bits per heavy atom. The SMILES string of the molecule is O=C(O)C=C1C=CC(=O)C1. The molecule has 0 aromatic carbocycles. The first-order valence-electron chi connectivity index (χ1n) is 2.83. The van der Waals surface area contributed by atoms with Gasteiger partial charge < -0.3 is 5.11 Å². The molecule has 3 heteroatoms. The first kappa shape index (κ1) is 6.74. The van der Waals surface area contributed by atoms with Crippen molar-refractivity contribution in [2.24, 2.45) is 0 Å². The highest BCUT2D eigenvalue weighted by Crippen LogP contribution is 2.11. The van der Waals surface area contributed by atoms with Crippen LogP contribution in [0, 0.1) is 0 Å². The molecule has 0 atom stereocenters. The average molecular weight is 138 g/mol. The molecule has 1 N–H and O–H groups in total. The lowest BCUT2D eigenvalue weighted by Crippen LogP contribution is -1.91. The van der Waals surface area contributed by atoms with E-state index in [0.717, 1.165) is 6.08 Å². The van der Waals surface area contributed by atoms with Crippen LogP contribution in [0.1, 0.15) is 6.42 Å². The molecule has 0 saturated heterocycles. The van der Waals surface area contributed by atoms with Crippen LogP contribution in [0.3, 0.4) is 0 Å². The van der Waals surface area contributed by atoms with Crippen LogP contribution in [0.25, 0.3) is 0 Å². The Morgan fingerprint density at radius 1 is 1.60 bits per heavy atom. The summed E-state index contributed by atoms with van der Waals surface area (Å²) in [6, 6.07) is 0. The smallest absolute Gasteiger partial charge is 0.328 e. The van der Waals surface area contributed by atoms with E-state index in [4.69, 9.17) is 5.11 Å². The second kappa shape index (κ2) is 2.47. The van der Waals surface area contributed by atoms with Crippen LogP contribution in [-0.2, 0) is 9.59 Å². The van der Waals surface area contributed by atoms with Crippen molar-refractivity contribution in [1.29, 1.82) is 0 Å². The third kappa shape index (κ3) is 1.55. The average Bonchev–Trinajstić information content (AvgIpc) is 2.13. The van der Waals surface area contributed by atoms with Gasteiger partial charge in [-0.1, -0.05) is 6.08 Å². The van der Waals surface area contributed by atoms with Crippen LogP contribution < -0.4 is 0 Å². The zero-order valence-electron chi connectivity index (χ0n) is 5.20. The highest BCUT2D eigenvalue weighted by atomic mass is 16.4. The molecule has 0 fully saturated rings. The predicted molar refractivity (Wildman–Crippen MR) is 34.5 cm³/mol. The lowest BCUT2D eigenvalue weighted by Gasteiger charge is -1.85. The van der Waals surface area contributed by atoms with Gasteiger partial charge in [0.1, 0.15) is 0 Å². The van der Waals surface area contributed by atoms with Gasteiger partial charge in [-0.15, -0.1) is 0 Å². The predicted octanol–water partition coefficient (Wildman–Crippen LogP) is 0.526. The van der Waals surface area contributed by atoms with Crippen molar-refractivity contribution < 1.29 is 14.7 Å². The third-order valence-electron chi connectivity index (χ3n) is 1.17. The molecular formula is C7H6O3. The van der Waals surface area contributed by atoms with E-state index in [-0.39, 0.29) is 12.2 Å². The summed E-state index contributed by atoms with van der Waals surface area (Å²) in [5.41, 5.74) is 0.567. The molecule has 0 radical (unpaired) electrons. The molecule has 10 heavy (non-hydrogen) atoms. The molecule has 1 aliphatic rings. The summed E-state index contributed by atoms with van der Waals surface area (Å²) in [6.07, 6.45) is 4.18. The number of ketones is 1. The Kier molecular flexibility index (Phi) is 1.67. The van der Waals surface area contributed by atoms with Crippen LogP contribution in [0.15, 0.2) is 23.8 Å². The van der Waals surface area contributed by atoms with Crippen LogP contribution >= 0.6 is 0 Å². The fourth-order valence-corrected chi connectivity index (χ4v) is 0.777. The Hall–Kier alpha value is -1.38. The van der Waals surface area contributed by atoms with Crippen molar-refractivity contribution in [2.45, 2.75) is 6.42 Å². The maximum Gasteiger partial charge on any atom is 0.328 e. The number of aliphatic carboxylic acids is 1. The van der Waals surface area contributed by atoms with Gasteiger partial charge in [-0.05, 0) is 11.6 Å². The summed E-state index contributed by atoms with van der Waals surface area (Å²) in [7, 11) is 0. The van der Waals surface area contributed by atoms with Gasteiger partial charge in [0.05, 0.1) is 0 Å². The lowest BCUT2D eigenvalue weighted by molar-refractivity contribution is -0.131. The number of hydrogen-bond acceptors (Lipinski definition) is 2. The first-order valence-corrected chi connectivity index (χ1v) is 2.83. The minimum Gasteiger partial charge on any atom is -0.478 e. The quantitative estimate of drug-likeness (QED) is 0.537. The fourth-order valence-electron chi connectivity index (χ4n) is 0.777. The van der Waals surface area contributed by atoms with Crippen LogP contribution in [0.5, 0.6) is 0 Å². The van der Waals surface area contributed by atoms with E-state index in [9.17, 15) is 9.59 Å². The molecule has 0 spiro atoms. The zero-order chi connectivity index (χ0) is 7.56. The van der Waals surface area contributed by atoms with Crippen molar-refractivity contribution in [2.75, 3.05) is 0 Å². The zero-order valence-corrected chi connectivity index (χ0v) is 5.20. The van der Waals surface area contributed by atoms with E-state index in [1.165, 1.54) is 12.2 Å². The van der Waals surface area contributed by atoms with Crippen LogP contribution in [-0.4, -0.2) is 16.9 Å². The topological polar surface area (TPSA) is 54.4 Å². The molecule has 0 saturated carbocycles. The standard InChI is InChI=1S/C7H6O3/c8-6-2-1-5(3-6)4-7(9)10/h1-2,4H,3H2,(H,9,10). The number of rotatable bonds is 1. The fraction of sp³-hybridized carbons (Fsp3) is 0.143. The molecule has 52 valence electrons. The molecule has 0 aromatic heterocycles. The summed E-state index contributed by atoms with van der Waals surface area (Å²) >= 11 is 0. The Bertz CT molecular complexity index is 235. The van der Waals surface area contributed by atoms with E-state index in [1.54, 1.807) is 0 Å². The summed E-state index contributed by atoms with van der Waals surface area (Å²) in [4.78, 5) is 20.6. The monoisotopic (exact) mass is 138 g/mol.